The van der Waals surface area contributed by atoms with Crippen LogP contribution < -0.4 is 5.32 Å². The first-order valence-corrected chi connectivity index (χ1v) is 8.70. The van der Waals surface area contributed by atoms with E-state index in [4.69, 9.17) is 0 Å². The zero-order chi connectivity index (χ0) is 17.8. The zero-order valence-corrected chi connectivity index (χ0v) is 14.4. The highest BCUT2D eigenvalue weighted by molar-refractivity contribution is 7.14. The van der Waals surface area contributed by atoms with Crippen molar-refractivity contribution in [1.29, 1.82) is 0 Å². The van der Waals surface area contributed by atoms with Gasteiger partial charge in [0, 0.05) is 5.38 Å². The van der Waals surface area contributed by atoms with Crippen molar-refractivity contribution >= 4 is 39.4 Å². The maximum Gasteiger partial charge on any atom is 0.307 e. The molecular weight excluding hydrogens is 340 g/mol. The van der Waals surface area contributed by atoms with E-state index in [1.807, 2.05) is 24.3 Å². The number of hydrogen-bond acceptors (Lipinski definition) is 5. The third kappa shape index (κ3) is 2.58. The van der Waals surface area contributed by atoms with E-state index in [1.165, 1.54) is 11.3 Å². The van der Waals surface area contributed by atoms with Crippen LogP contribution in [-0.4, -0.2) is 31.9 Å². The molecule has 3 N–H and O–H groups in total. The molecule has 2 aromatic heterocycles. The largest absolute Gasteiger partial charge is 0.481 e. The number of carboxylic acid groups (broad SMARTS) is 1. The Hall–Kier alpha value is -2.74. The van der Waals surface area contributed by atoms with Crippen molar-refractivity contribution in [3.63, 3.8) is 0 Å². The van der Waals surface area contributed by atoms with Crippen molar-refractivity contribution in [2.24, 2.45) is 17.3 Å². The van der Waals surface area contributed by atoms with E-state index >= 15 is 0 Å². The van der Waals surface area contributed by atoms with Crippen LogP contribution in [0.5, 0.6) is 0 Å². The van der Waals surface area contributed by atoms with Crippen LogP contribution in [0.15, 0.2) is 29.6 Å². The van der Waals surface area contributed by atoms with Crippen LogP contribution in [-0.2, 0) is 9.59 Å². The number of imidazole rings is 1. The summed E-state index contributed by atoms with van der Waals surface area (Å²) in [6.45, 7) is 3.58. The van der Waals surface area contributed by atoms with Gasteiger partial charge in [0.25, 0.3) is 0 Å². The molecule has 3 aromatic rings. The van der Waals surface area contributed by atoms with Crippen molar-refractivity contribution in [2.75, 3.05) is 5.32 Å². The average Bonchev–Trinajstić information content (AvgIpc) is 2.93. The lowest BCUT2D eigenvalue weighted by molar-refractivity contribution is -0.140. The lowest BCUT2D eigenvalue weighted by atomic mass is 10.1. The standard InChI is InChI=1S/C17H16N4O3S/c1-17(2)11(12(17)15(23)24)14(22)21-16-20-10(7-25-16)13-18-8-5-3-4-6-9(8)19-13/h3-7,11-12H,1-2H3,(H,18,19)(H,23,24)(H,20,21,22). The Morgan fingerprint density at radius 2 is 2.00 bits per heavy atom. The van der Waals surface area contributed by atoms with E-state index in [0.29, 0.717) is 16.6 Å². The van der Waals surface area contributed by atoms with Crippen molar-refractivity contribution in [2.45, 2.75) is 13.8 Å². The number of carboxylic acids is 1. The Balaban J connectivity index is 1.52. The summed E-state index contributed by atoms with van der Waals surface area (Å²) in [4.78, 5) is 35.6. The van der Waals surface area contributed by atoms with Gasteiger partial charge in [0.1, 0.15) is 5.69 Å². The van der Waals surface area contributed by atoms with E-state index in [0.717, 1.165) is 11.0 Å². The summed E-state index contributed by atoms with van der Waals surface area (Å²) in [6, 6.07) is 7.68. The average molecular weight is 356 g/mol. The third-order valence-corrected chi connectivity index (χ3v) is 5.50. The first-order chi connectivity index (χ1) is 11.9. The van der Waals surface area contributed by atoms with Crippen LogP contribution in [0.2, 0.25) is 0 Å². The minimum absolute atomic E-state index is 0.303. The van der Waals surface area contributed by atoms with E-state index in [1.54, 1.807) is 19.2 Å². The number of benzene rings is 1. The number of rotatable bonds is 4. The number of hydrogen-bond donors (Lipinski definition) is 3. The normalized spacial score (nSPS) is 21.2. The first kappa shape index (κ1) is 15.8. The van der Waals surface area contributed by atoms with E-state index in [2.05, 4.69) is 20.3 Å². The minimum atomic E-state index is -0.938. The van der Waals surface area contributed by atoms with Crippen LogP contribution in [0.4, 0.5) is 5.13 Å². The molecule has 1 saturated carbocycles. The molecule has 128 valence electrons. The fourth-order valence-electron chi connectivity index (χ4n) is 3.29. The molecule has 1 fully saturated rings. The van der Waals surface area contributed by atoms with Gasteiger partial charge in [-0.15, -0.1) is 11.3 Å². The van der Waals surface area contributed by atoms with Crippen molar-refractivity contribution in [3.8, 4) is 11.5 Å². The fourth-order valence-corrected chi connectivity index (χ4v) is 3.98. The number of aliphatic carboxylic acids is 1. The van der Waals surface area contributed by atoms with E-state index in [-0.39, 0.29) is 5.91 Å². The summed E-state index contributed by atoms with van der Waals surface area (Å²) >= 11 is 1.29. The summed E-state index contributed by atoms with van der Waals surface area (Å²) in [7, 11) is 0. The Kier molecular flexibility index (Phi) is 3.40. The highest BCUT2D eigenvalue weighted by atomic mass is 32.1. The van der Waals surface area contributed by atoms with Gasteiger partial charge in [0.2, 0.25) is 5.91 Å². The van der Waals surface area contributed by atoms with Gasteiger partial charge >= 0.3 is 5.97 Å². The van der Waals surface area contributed by atoms with Crippen molar-refractivity contribution in [1.82, 2.24) is 15.0 Å². The maximum atomic E-state index is 12.4. The van der Waals surface area contributed by atoms with Gasteiger partial charge in [-0.3, -0.25) is 9.59 Å². The predicted molar refractivity (Wildman–Crippen MR) is 94.2 cm³/mol. The molecule has 2 unspecified atom stereocenters. The zero-order valence-electron chi connectivity index (χ0n) is 13.6. The van der Waals surface area contributed by atoms with Gasteiger partial charge in [-0.2, -0.15) is 0 Å². The maximum absolute atomic E-state index is 12.4. The second-order valence-corrected chi connectivity index (χ2v) is 7.60. The summed E-state index contributed by atoms with van der Waals surface area (Å²) in [5.41, 5.74) is 1.87. The first-order valence-electron chi connectivity index (χ1n) is 7.82. The number of nitrogens with one attached hydrogen (secondary N) is 2. The molecule has 1 aliphatic rings. The molecule has 0 bridgehead atoms. The summed E-state index contributed by atoms with van der Waals surface area (Å²) in [5, 5.41) is 14.2. The number of carbonyl (C=O) groups excluding carboxylic acids is 1. The number of para-hydroxylation sites is 2. The van der Waals surface area contributed by atoms with Crippen LogP contribution >= 0.6 is 11.3 Å². The molecule has 0 spiro atoms. The number of fused-ring (bicyclic) bond motifs is 1. The lowest BCUT2D eigenvalue weighted by Gasteiger charge is -2.02. The molecular formula is C17H16N4O3S. The Morgan fingerprint density at radius 3 is 2.68 bits per heavy atom. The Labute approximate surface area is 147 Å². The molecule has 1 aliphatic carbocycles. The molecule has 0 aliphatic heterocycles. The van der Waals surface area contributed by atoms with E-state index in [9.17, 15) is 14.7 Å². The molecule has 1 aromatic carbocycles. The second kappa shape index (κ2) is 5.38. The van der Waals surface area contributed by atoms with Gasteiger partial charge in [-0.1, -0.05) is 26.0 Å². The smallest absolute Gasteiger partial charge is 0.307 e. The van der Waals surface area contributed by atoms with Crippen LogP contribution in [0, 0.1) is 17.3 Å². The van der Waals surface area contributed by atoms with Crippen LogP contribution in [0.3, 0.4) is 0 Å². The monoisotopic (exact) mass is 356 g/mol. The number of anilines is 1. The summed E-state index contributed by atoms with van der Waals surface area (Å²) in [6.07, 6.45) is 0. The number of nitrogens with zero attached hydrogens (tertiary/aromatic N) is 2. The minimum Gasteiger partial charge on any atom is -0.481 e. The number of carbonyl (C=O) groups is 2. The fraction of sp³-hybridized carbons (Fsp3) is 0.294. The molecule has 7 nitrogen and oxygen atoms in total. The number of aromatic nitrogens is 3. The second-order valence-electron chi connectivity index (χ2n) is 6.74. The number of amides is 1. The summed E-state index contributed by atoms with van der Waals surface area (Å²) < 4.78 is 0. The van der Waals surface area contributed by atoms with Gasteiger partial charge in [-0.25, -0.2) is 9.97 Å². The van der Waals surface area contributed by atoms with Crippen molar-refractivity contribution in [3.05, 3.63) is 29.6 Å². The number of H-pyrrole nitrogens is 1. The van der Waals surface area contributed by atoms with E-state index < -0.39 is 23.2 Å². The molecule has 25 heavy (non-hydrogen) atoms. The van der Waals surface area contributed by atoms with Gasteiger partial charge in [-0.05, 0) is 17.5 Å². The lowest BCUT2D eigenvalue weighted by Crippen LogP contribution is -2.17. The molecule has 0 saturated heterocycles. The summed E-state index contributed by atoms with van der Waals surface area (Å²) in [5.74, 6) is -1.80. The van der Waals surface area contributed by atoms with Gasteiger partial charge < -0.3 is 15.4 Å². The number of aromatic amines is 1. The quantitative estimate of drug-likeness (QED) is 0.666. The molecule has 0 radical (unpaired) electrons. The molecule has 1 amide bonds. The Bertz CT molecular complexity index is 958. The molecule has 2 heterocycles. The predicted octanol–water partition coefficient (Wildman–Crippen LogP) is 2.98. The topological polar surface area (TPSA) is 108 Å². The highest BCUT2D eigenvalue weighted by Crippen LogP contribution is 2.58. The van der Waals surface area contributed by atoms with Gasteiger partial charge in [0.15, 0.2) is 11.0 Å². The van der Waals surface area contributed by atoms with Crippen molar-refractivity contribution < 1.29 is 14.7 Å². The SMILES string of the molecule is CC1(C)C(C(=O)O)C1C(=O)Nc1nc(-c2nc3ccccc3[nH]2)cs1. The Morgan fingerprint density at radius 1 is 1.24 bits per heavy atom. The number of thiazole rings is 1. The van der Waals surface area contributed by atoms with Gasteiger partial charge in [0.05, 0.1) is 22.9 Å². The third-order valence-electron chi connectivity index (χ3n) is 4.74. The molecule has 2 atom stereocenters. The van der Waals surface area contributed by atoms with Crippen LogP contribution in [0.25, 0.3) is 22.6 Å². The highest BCUT2D eigenvalue weighted by Gasteiger charge is 2.66. The molecule has 8 heteroatoms. The molecule has 4 rings (SSSR count). The van der Waals surface area contributed by atoms with Crippen LogP contribution in [0.1, 0.15) is 13.8 Å².